The fourth-order valence-corrected chi connectivity index (χ4v) is 5.20. The van der Waals surface area contributed by atoms with Crippen molar-refractivity contribution in [2.24, 2.45) is 5.92 Å². The van der Waals surface area contributed by atoms with E-state index in [-0.39, 0.29) is 30.1 Å². The molecule has 1 unspecified atom stereocenters. The minimum Gasteiger partial charge on any atom is -0.477 e. The first-order chi connectivity index (χ1) is 15.6. The second-order valence-electron chi connectivity index (χ2n) is 8.23. The number of allylic oxidation sites excluding steroid dienone is 1. The molecule has 5 rings (SSSR count). The molecule has 4 aliphatic heterocycles. The lowest BCUT2D eigenvalue weighted by molar-refractivity contribution is -0.198. The molecule has 0 aromatic carbocycles. The van der Waals surface area contributed by atoms with Crippen LogP contribution < -0.4 is 4.90 Å². The number of pyridine rings is 1. The number of amides is 3. The Morgan fingerprint density at radius 2 is 1.97 bits per heavy atom. The molecule has 172 valence electrons. The predicted octanol–water partition coefficient (Wildman–Crippen LogP) is 1.09. The van der Waals surface area contributed by atoms with Crippen molar-refractivity contribution in [3.63, 3.8) is 0 Å². The molecule has 12 heteroatoms. The molecule has 0 radical (unpaired) electrons. The third kappa shape index (κ3) is 3.04. The Bertz CT molecular complexity index is 1150. The molecule has 33 heavy (non-hydrogen) atoms. The van der Waals surface area contributed by atoms with E-state index in [1.54, 1.807) is 18.3 Å². The van der Waals surface area contributed by atoms with E-state index in [4.69, 9.17) is 0 Å². The van der Waals surface area contributed by atoms with E-state index in [0.29, 0.717) is 29.1 Å². The second kappa shape index (κ2) is 7.15. The quantitative estimate of drug-likeness (QED) is 0.532. The van der Waals surface area contributed by atoms with E-state index in [1.807, 2.05) is 0 Å². The molecule has 4 aliphatic rings. The molecule has 3 saturated heterocycles. The highest BCUT2D eigenvalue weighted by Gasteiger charge is 2.65. The van der Waals surface area contributed by atoms with Crippen LogP contribution in [0.15, 0.2) is 47.4 Å². The number of carbonyl (C=O) groups excluding carboxylic acids is 3. The maximum Gasteiger partial charge on any atom is 0.471 e. The molecule has 3 atom stereocenters. The number of carboxylic acids is 1. The summed E-state index contributed by atoms with van der Waals surface area (Å²) < 4.78 is 39.0. The van der Waals surface area contributed by atoms with Gasteiger partial charge in [0.25, 0.3) is 11.8 Å². The minimum absolute atomic E-state index is 0.0448. The number of aromatic nitrogens is 1. The van der Waals surface area contributed by atoms with Crippen LogP contribution in [0.25, 0.3) is 0 Å². The average molecular weight is 462 g/mol. The van der Waals surface area contributed by atoms with Crippen molar-refractivity contribution in [2.75, 3.05) is 18.0 Å². The molecule has 1 aromatic heterocycles. The topological polar surface area (TPSA) is 111 Å². The van der Waals surface area contributed by atoms with Crippen molar-refractivity contribution in [2.45, 2.75) is 31.1 Å². The van der Waals surface area contributed by atoms with Crippen LogP contribution in [-0.4, -0.2) is 74.9 Å². The minimum atomic E-state index is -5.13. The number of hydrogen-bond acceptors (Lipinski definition) is 5. The van der Waals surface area contributed by atoms with E-state index in [2.05, 4.69) is 4.98 Å². The number of β-lactam (4-membered cyclic amide) rings is 1. The van der Waals surface area contributed by atoms with Crippen LogP contribution in [-0.2, 0) is 19.2 Å². The fourth-order valence-electron chi connectivity index (χ4n) is 5.20. The van der Waals surface area contributed by atoms with Crippen LogP contribution in [0.4, 0.5) is 18.9 Å². The van der Waals surface area contributed by atoms with Gasteiger partial charge in [0.05, 0.1) is 17.9 Å². The van der Waals surface area contributed by atoms with Gasteiger partial charge in [-0.15, -0.1) is 0 Å². The van der Waals surface area contributed by atoms with E-state index < -0.39 is 42.0 Å². The summed E-state index contributed by atoms with van der Waals surface area (Å²) in [7, 11) is 0. The number of hydrogen-bond donors (Lipinski definition) is 1. The number of carboxylic acid groups (broad SMARTS) is 1. The zero-order valence-electron chi connectivity index (χ0n) is 17.0. The first kappa shape index (κ1) is 21.2. The van der Waals surface area contributed by atoms with Gasteiger partial charge >= 0.3 is 18.1 Å². The number of carbonyl (C=O) groups is 4. The SMILES string of the molecule is O=C(O)C1=C(/C=C2\CCN(c3cccnc3)C2=O)C2CCN(C(=O)C(F)(F)F)[C@@H]3C(=O)N1[C@H]23. The van der Waals surface area contributed by atoms with Gasteiger partial charge in [0, 0.05) is 30.8 Å². The fraction of sp³-hybridized carbons (Fsp3) is 0.381. The molecule has 0 bridgehead atoms. The summed E-state index contributed by atoms with van der Waals surface area (Å²) in [5, 5.41) is 9.77. The van der Waals surface area contributed by atoms with Crippen molar-refractivity contribution < 1.29 is 37.5 Å². The van der Waals surface area contributed by atoms with Crippen LogP contribution in [0.3, 0.4) is 0 Å². The normalized spacial score (nSPS) is 27.9. The molecule has 3 amide bonds. The highest BCUT2D eigenvalue weighted by molar-refractivity contribution is 6.09. The summed E-state index contributed by atoms with van der Waals surface area (Å²) >= 11 is 0. The summed E-state index contributed by atoms with van der Waals surface area (Å²) in [6, 6.07) is 1.14. The Labute approximate surface area is 184 Å². The second-order valence-corrected chi connectivity index (χ2v) is 8.23. The lowest BCUT2D eigenvalue weighted by Crippen LogP contribution is -2.74. The first-order valence-corrected chi connectivity index (χ1v) is 10.2. The lowest BCUT2D eigenvalue weighted by Gasteiger charge is -2.53. The summed E-state index contributed by atoms with van der Waals surface area (Å²) in [5.74, 6) is -5.29. The van der Waals surface area contributed by atoms with Crippen molar-refractivity contribution in [1.82, 2.24) is 14.8 Å². The maximum absolute atomic E-state index is 13.0. The molecular formula is C21H17F3N4O5. The number of alkyl halides is 3. The van der Waals surface area contributed by atoms with Gasteiger partial charge in [-0.3, -0.25) is 24.3 Å². The Balaban J connectivity index is 1.47. The average Bonchev–Trinajstić information content (AvgIpc) is 3.29. The number of likely N-dealkylation sites (tertiary alicyclic amines) is 1. The number of halogens is 3. The van der Waals surface area contributed by atoms with E-state index in [0.717, 1.165) is 4.90 Å². The van der Waals surface area contributed by atoms with Gasteiger partial charge in [0.15, 0.2) is 0 Å². The number of anilines is 1. The third-order valence-corrected chi connectivity index (χ3v) is 6.57. The van der Waals surface area contributed by atoms with Gasteiger partial charge in [-0.2, -0.15) is 13.2 Å². The lowest BCUT2D eigenvalue weighted by atomic mass is 9.77. The molecule has 0 saturated carbocycles. The van der Waals surface area contributed by atoms with E-state index >= 15 is 0 Å². The van der Waals surface area contributed by atoms with Gasteiger partial charge in [-0.25, -0.2) is 4.79 Å². The Morgan fingerprint density at radius 1 is 1.21 bits per heavy atom. The monoisotopic (exact) mass is 462 g/mol. The summed E-state index contributed by atoms with van der Waals surface area (Å²) in [5.41, 5.74) is 0.822. The first-order valence-electron chi connectivity index (χ1n) is 10.2. The largest absolute Gasteiger partial charge is 0.477 e. The van der Waals surface area contributed by atoms with Crippen molar-refractivity contribution in [3.05, 3.63) is 47.4 Å². The van der Waals surface area contributed by atoms with Gasteiger partial charge in [0.2, 0.25) is 0 Å². The molecular weight excluding hydrogens is 445 g/mol. The molecule has 1 N–H and O–H groups in total. The number of aliphatic carboxylic acids is 1. The van der Waals surface area contributed by atoms with Crippen LogP contribution >= 0.6 is 0 Å². The number of rotatable bonds is 3. The Kier molecular flexibility index (Phi) is 4.59. The van der Waals surface area contributed by atoms with Crippen LogP contribution in [0.5, 0.6) is 0 Å². The van der Waals surface area contributed by atoms with Crippen LogP contribution in [0, 0.1) is 5.92 Å². The van der Waals surface area contributed by atoms with Crippen molar-refractivity contribution in [1.29, 1.82) is 0 Å². The zero-order chi connectivity index (χ0) is 23.7. The molecule has 9 nitrogen and oxygen atoms in total. The number of piperidine rings is 1. The van der Waals surface area contributed by atoms with E-state index in [9.17, 15) is 37.5 Å². The smallest absolute Gasteiger partial charge is 0.471 e. The Morgan fingerprint density at radius 3 is 2.61 bits per heavy atom. The summed E-state index contributed by atoms with van der Waals surface area (Å²) in [6.07, 6.45) is -0.207. The maximum atomic E-state index is 13.0. The van der Waals surface area contributed by atoms with Crippen molar-refractivity contribution in [3.8, 4) is 0 Å². The molecule has 0 spiro atoms. The number of nitrogens with zero attached hydrogens (tertiary/aromatic N) is 4. The highest BCUT2D eigenvalue weighted by atomic mass is 19.4. The predicted molar refractivity (Wildman–Crippen MR) is 104 cm³/mol. The summed E-state index contributed by atoms with van der Waals surface area (Å²) in [4.78, 5) is 56.3. The van der Waals surface area contributed by atoms with E-state index in [1.165, 1.54) is 17.2 Å². The van der Waals surface area contributed by atoms with Gasteiger partial charge in [-0.1, -0.05) is 0 Å². The van der Waals surface area contributed by atoms with Gasteiger partial charge < -0.3 is 14.9 Å². The van der Waals surface area contributed by atoms with Crippen LogP contribution in [0.2, 0.25) is 0 Å². The molecule has 1 aromatic rings. The van der Waals surface area contributed by atoms with Crippen molar-refractivity contribution >= 4 is 29.4 Å². The third-order valence-electron chi connectivity index (χ3n) is 6.57. The zero-order valence-corrected chi connectivity index (χ0v) is 17.0. The highest BCUT2D eigenvalue weighted by Crippen LogP contribution is 2.50. The molecule has 0 aliphatic carbocycles. The van der Waals surface area contributed by atoms with Gasteiger partial charge in [-0.05, 0) is 36.6 Å². The standard InChI is InChI=1S/C21H17F3N4O5/c22-21(23,24)20(33)27-7-4-12-13(15(19(31)32)28-14(12)16(27)18(28)30)8-10-3-6-26(17(10)29)11-2-1-5-25-9-11/h1-2,5,8-9,12,14,16H,3-4,6-7H2,(H,31,32)/b10-8+/t12?,14-,16+/m1/s1. The Hall–Kier alpha value is -3.70. The molecule has 3 fully saturated rings. The molecule has 5 heterocycles. The summed E-state index contributed by atoms with van der Waals surface area (Å²) in [6.45, 7) is 0.0261. The van der Waals surface area contributed by atoms with Gasteiger partial charge in [0.1, 0.15) is 11.7 Å². The van der Waals surface area contributed by atoms with Crippen LogP contribution in [0.1, 0.15) is 12.8 Å².